The van der Waals surface area contributed by atoms with Gasteiger partial charge in [-0.3, -0.25) is 0 Å². The molecule has 4 rings (SSSR count). The third kappa shape index (κ3) is 4.59. The van der Waals surface area contributed by atoms with Crippen molar-refractivity contribution >= 4 is 21.6 Å². The number of ether oxygens (including phenoxy) is 2. The van der Waals surface area contributed by atoms with Crippen LogP contribution in [0.1, 0.15) is 35.8 Å². The minimum absolute atomic E-state index is 0.0938. The fourth-order valence-corrected chi connectivity index (χ4v) is 4.24. The molecule has 5 nitrogen and oxygen atoms in total. The van der Waals surface area contributed by atoms with Crippen molar-refractivity contribution in [3.8, 4) is 17.2 Å². The van der Waals surface area contributed by atoms with Gasteiger partial charge in [0.2, 0.25) is 0 Å². The number of phenolic OH excluding ortho intramolecular Hbond substituents is 1. The summed E-state index contributed by atoms with van der Waals surface area (Å²) in [5.41, 5.74) is 2.99. The van der Waals surface area contributed by atoms with Gasteiger partial charge in [-0.2, -0.15) is 0 Å². The van der Waals surface area contributed by atoms with E-state index in [1.165, 1.54) is 6.07 Å². The fourth-order valence-electron chi connectivity index (χ4n) is 3.86. The summed E-state index contributed by atoms with van der Waals surface area (Å²) in [6.07, 6.45) is 1.62. The number of aromatic hydroxyl groups is 1. The molecule has 0 bridgehead atoms. The molecule has 2 unspecified atom stereocenters. The number of para-hydroxylation sites is 1. The van der Waals surface area contributed by atoms with Crippen LogP contribution >= 0.6 is 15.9 Å². The number of nitrogens with one attached hydrogen (secondary N) is 1. The Morgan fingerprint density at radius 1 is 1.09 bits per heavy atom. The smallest absolute Gasteiger partial charge is 0.189 e. The number of nitrogens with two attached hydrogens (primary N) is 1. The van der Waals surface area contributed by atoms with E-state index in [2.05, 4.69) is 21.2 Å². The van der Waals surface area contributed by atoms with Gasteiger partial charge >= 0.3 is 0 Å². The van der Waals surface area contributed by atoms with Crippen LogP contribution in [-0.4, -0.2) is 18.8 Å². The Morgan fingerprint density at radius 3 is 2.59 bits per heavy atom. The van der Waals surface area contributed by atoms with Crippen LogP contribution < -0.4 is 20.1 Å². The molecule has 0 aliphatic carbocycles. The van der Waals surface area contributed by atoms with Crippen LogP contribution in [0.5, 0.6) is 17.2 Å². The van der Waals surface area contributed by atoms with Gasteiger partial charge in [-0.1, -0.05) is 22.0 Å². The lowest BCUT2D eigenvalue weighted by atomic mass is 9.97. The summed E-state index contributed by atoms with van der Waals surface area (Å²) in [6.45, 7) is 2.32. The van der Waals surface area contributed by atoms with Crippen molar-refractivity contribution in [2.24, 2.45) is 0 Å². The molecule has 0 radical (unpaired) electrons. The van der Waals surface area contributed by atoms with Crippen molar-refractivity contribution in [3.63, 3.8) is 0 Å². The largest absolute Gasteiger partial charge is 0.504 e. The monoisotopic (exact) mass is 499 g/mol. The number of quaternary nitrogens is 1. The Labute approximate surface area is 195 Å². The van der Waals surface area contributed by atoms with Crippen LogP contribution in [0, 0.1) is 5.82 Å². The highest BCUT2D eigenvalue weighted by Crippen LogP contribution is 2.36. The zero-order valence-electron chi connectivity index (χ0n) is 17.8. The Morgan fingerprint density at radius 2 is 1.88 bits per heavy atom. The highest BCUT2D eigenvalue weighted by atomic mass is 79.9. The topological polar surface area (TPSA) is 67.3 Å². The highest BCUT2D eigenvalue weighted by molar-refractivity contribution is 9.10. The fraction of sp³-hybridized carbons (Fsp3) is 0.200. The Bertz CT molecular complexity index is 1130. The summed E-state index contributed by atoms with van der Waals surface area (Å²) < 4.78 is 26.4. The lowest BCUT2D eigenvalue weighted by Crippen LogP contribution is -2.90. The van der Waals surface area contributed by atoms with Crippen LogP contribution in [0.3, 0.4) is 0 Å². The van der Waals surface area contributed by atoms with E-state index in [1.54, 1.807) is 25.3 Å². The minimum Gasteiger partial charge on any atom is -0.504 e. The molecule has 3 aromatic carbocycles. The molecular formula is C25H25BrFN2O3+. The minimum atomic E-state index is -0.408. The molecular weight excluding hydrogens is 475 g/mol. The van der Waals surface area contributed by atoms with Crippen molar-refractivity contribution in [3.05, 3.63) is 93.7 Å². The maximum Gasteiger partial charge on any atom is 0.189 e. The van der Waals surface area contributed by atoms with Crippen molar-refractivity contribution in [1.82, 2.24) is 5.32 Å². The normalized spacial score (nSPS) is 17.9. The average molecular weight is 500 g/mol. The maximum absolute atomic E-state index is 14.8. The molecule has 166 valence electrons. The van der Waals surface area contributed by atoms with Crippen LogP contribution in [0.25, 0.3) is 5.70 Å². The van der Waals surface area contributed by atoms with Gasteiger partial charge in [0.25, 0.3) is 0 Å². The number of methoxy groups -OCH3 is 1. The number of hydrogen-bond acceptors (Lipinski definition) is 4. The van der Waals surface area contributed by atoms with Gasteiger partial charge in [0, 0.05) is 16.2 Å². The lowest BCUT2D eigenvalue weighted by Gasteiger charge is -2.30. The van der Waals surface area contributed by atoms with Crippen LogP contribution in [0.4, 0.5) is 4.39 Å². The van der Waals surface area contributed by atoms with E-state index < -0.39 is 6.17 Å². The molecule has 0 saturated heterocycles. The Balaban J connectivity index is 1.78. The SMILES string of the molecule is CCOc1cccc(C2C=C(c3ccc(OC)cc3)NC(c3cc(Br)ccc3F)[NH2+]2)c1O. The van der Waals surface area contributed by atoms with Gasteiger partial charge in [0.05, 0.1) is 24.8 Å². The Kier molecular flexibility index (Phi) is 6.67. The quantitative estimate of drug-likeness (QED) is 0.461. The summed E-state index contributed by atoms with van der Waals surface area (Å²) >= 11 is 3.44. The first-order valence-electron chi connectivity index (χ1n) is 10.4. The summed E-state index contributed by atoms with van der Waals surface area (Å²) in [5, 5.41) is 16.3. The molecule has 0 aromatic heterocycles. The van der Waals surface area contributed by atoms with Gasteiger partial charge in [-0.15, -0.1) is 0 Å². The van der Waals surface area contributed by atoms with Crippen molar-refractivity contribution in [2.75, 3.05) is 13.7 Å². The molecule has 32 heavy (non-hydrogen) atoms. The van der Waals surface area contributed by atoms with Crippen molar-refractivity contribution < 1.29 is 24.3 Å². The van der Waals surface area contributed by atoms with E-state index in [0.29, 0.717) is 23.5 Å². The highest BCUT2D eigenvalue weighted by Gasteiger charge is 2.31. The second kappa shape index (κ2) is 9.63. The van der Waals surface area contributed by atoms with Crippen LogP contribution in [0.15, 0.2) is 71.2 Å². The molecule has 1 aliphatic rings. The zero-order valence-corrected chi connectivity index (χ0v) is 19.4. The number of rotatable bonds is 6. The third-order valence-corrected chi connectivity index (χ3v) is 5.93. The lowest BCUT2D eigenvalue weighted by molar-refractivity contribution is -0.731. The van der Waals surface area contributed by atoms with Gasteiger partial charge in [0.15, 0.2) is 17.7 Å². The molecule has 0 spiro atoms. The van der Waals surface area contributed by atoms with Crippen LogP contribution in [0.2, 0.25) is 0 Å². The summed E-state index contributed by atoms with van der Waals surface area (Å²) in [4.78, 5) is 0. The molecule has 0 saturated carbocycles. The molecule has 1 heterocycles. The summed E-state index contributed by atoms with van der Waals surface area (Å²) in [6, 6.07) is 17.7. The van der Waals surface area contributed by atoms with E-state index in [1.807, 2.05) is 54.7 Å². The van der Waals surface area contributed by atoms with Gasteiger partial charge < -0.3 is 25.2 Å². The maximum atomic E-state index is 14.8. The standard InChI is InChI=1S/C25H24BrFN2O3/c1-3-32-23-6-4-5-18(24(23)30)22-14-21(15-7-10-17(31-2)11-8-15)28-25(29-22)19-13-16(26)9-12-20(19)27/h4-14,22,25,28-30H,3H2,1-2H3/p+1. The predicted octanol–water partition coefficient (Wildman–Crippen LogP) is 4.65. The van der Waals surface area contributed by atoms with E-state index >= 15 is 0 Å². The summed E-state index contributed by atoms with van der Waals surface area (Å²) in [5.74, 6) is 0.978. The van der Waals surface area contributed by atoms with E-state index in [0.717, 1.165) is 21.5 Å². The third-order valence-electron chi connectivity index (χ3n) is 5.44. The van der Waals surface area contributed by atoms with Gasteiger partial charge in [0.1, 0.15) is 17.6 Å². The van der Waals surface area contributed by atoms with Crippen molar-refractivity contribution in [2.45, 2.75) is 19.1 Å². The molecule has 2 atom stereocenters. The van der Waals surface area contributed by atoms with Gasteiger partial charge in [-0.05, 0) is 67.1 Å². The van der Waals surface area contributed by atoms with E-state index in [4.69, 9.17) is 9.47 Å². The van der Waals surface area contributed by atoms with Crippen LogP contribution in [-0.2, 0) is 0 Å². The zero-order chi connectivity index (χ0) is 22.7. The molecule has 0 fully saturated rings. The Hall–Kier alpha value is -3.03. The first kappa shape index (κ1) is 22.2. The second-order valence-electron chi connectivity index (χ2n) is 7.44. The van der Waals surface area contributed by atoms with Gasteiger partial charge in [-0.25, -0.2) is 4.39 Å². The summed E-state index contributed by atoms with van der Waals surface area (Å²) in [7, 11) is 1.62. The molecule has 7 heteroatoms. The molecule has 1 aliphatic heterocycles. The second-order valence-corrected chi connectivity index (χ2v) is 8.36. The first-order chi connectivity index (χ1) is 15.5. The molecule has 4 N–H and O–H groups in total. The first-order valence-corrected chi connectivity index (χ1v) is 11.2. The molecule has 0 amide bonds. The number of halogens is 2. The average Bonchev–Trinajstić information content (AvgIpc) is 2.82. The number of benzene rings is 3. The predicted molar refractivity (Wildman–Crippen MR) is 125 cm³/mol. The number of phenols is 1. The van der Waals surface area contributed by atoms with E-state index in [9.17, 15) is 9.50 Å². The van der Waals surface area contributed by atoms with Crippen molar-refractivity contribution in [1.29, 1.82) is 0 Å². The number of hydrogen-bond donors (Lipinski definition) is 3. The van der Waals surface area contributed by atoms with E-state index in [-0.39, 0.29) is 17.6 Å². The molecule has 3 aromatic rings.